The van der Waals surface area contributed by atoms with Crippen molar-refractivity contribution in [1.29, 1.82) is 0 Å². The number of pyridine rings is 1. The summed E-state index contributed by atoms with van der Waals surface area (Å²) < 4.78 is 25.1. The van der Waals surface area contributed by atoms with E-state index in [-0.39, 0.29) is 5.03 Å². The highest BCUT2D eigenvalue weighted by molar-refractivity contribution is 7.90. The topological polar surface area (TPSA) is 67.1 Å². The largest absolute Gasteiger partial charge is 0.512 e. The predicted octanol–water partition coefficient (Wildman–Crippen LogP) is -0.766. The molecule has 1 N–H and O–H groups in total. The second-order valence-electron chi connectivity index (χ2n) is 2.32. The van der Waals surface area contributed by atoms with Gasteiger partial charge in [0.2, 0.25) is 0 Å². The summed E-state index contributed by atoms with van der Waals surface area (Å²) >= 11 is 0. The minimum atomic E-state index is -3.59. The van der Waals surface area contributed by atoms with Gasteiger partial charge in [-0.3, -0.25) is 0 Å². The number of fused-ring (bicyclic) bond motifs is 1. The van der Waals surface area contributed by atoms with E-state index in [9.17, 15) is 13.2 Å². The van der Waals surface area contributed by atoms with Crippen LogP contribution in [0.3, 0.4) is 0 Å². The van der Waals surface area contributed by atoms with E-state index in [1.165, 1.54) is 12.3 Å². The van der Waals surface area contributed by atoms with E-state index in [4.69, 9.17) is 0 Å². The van der Waals surface area contributed by atoms with E-state index in [1.807, 2.05) is 4.72 Å². The lowest BCUT2D eigenvalue weighted by atomic mass is 10.5. The van der Waals surface area contributed by atoms with Crippen LogP contribution in [0.4, 0.5) is 4.79 Å². The molecule has 0 fully saturated rings. The molecule has 2 rings (SSSR count). The number of sulfonamides is 1. The van der Waals surface area contributed by atoms with Gasteiger partial charge in [-0.2, -0.15) is 13.2 Å². The first-order valence-electron chi connectivity index (χ1n) is 3.19. The lowest BCUT2D eigenvalue weighted by Gasteiger charge is -1.85. The maximum Gasteiger partial charge on any atom is 0.512 e. The SMILES string of the molecule is O=C1NS(=O)(=O)c2cccc[n+]21. The Kier molecular flexibility index (Phi) is 1.23. The zero-order chi connectivity index (χ0) is 8.77. The van der Waals surface area contributed by atoms with Crippen molar-refractivity contribution in [1.82, 2.24) is 4.72 Å². The second kappa shape index (κ2) is 2.04. The number of carbonyl (C=O) groups excluding carboxylic acids is 1. The van der Waals surface area contributed by atoms with Crippen LogP contribution in [0.5, 0.6) is 0 Å². The zero-order valence-electron chi connectivity index (χ0n) is 5.89. The maximum atomic E-state index is 11.1. The highest BCUT2D eigenvalue weighted by Gasteiger charge is 2.40. The second-order valence-corrected chi connectivity index (χ2v) is 3.95. The van der Waals surface area contributed by atoms with Gasteiger partial charge in [-0.15, -0.1) is 9.29 Å². The lowest BCUT2D eigenvalue weighted by Crippen LogP contribution is -2.43. The van der Waals surface area contributed by atoms with Crippen molar-refractivity contribution in [2.75, 3.05) is 0 Å². The molecule has 1 aromatic heterocycles. The molecule has 0 saturated carbocycles. The van der Waals surface area contributed by atoms with Gasteiger partial charge in [0, 0.05) is 6.07 Å². The Balaban J connectivity index is 2.83. The molecule has 0 radical (unpaired) electrons. The molecular formula is C6H5N2O3S+. The fraction of sp³-hybridized carbons (Fsp3) is 0. The minimum absolute atomic E-state index is 0.0185. The van der Waals surface area contributed by atoms with Crippen LogP contribution in [0, 0.1) is 0 Å². The first-order valence-corrected chi connectivity index (χ1v) is 4.67. The number of nitrogens with one attached hydrogen (secondary N) is 1. The maximum absolute atomic E-state index is 11.1. The molecule has 2 heterocycles. The summed E-state index contributed by atoms with van der Waals surface area (Å²) in [5.74, 6) is 0. The van der Waals surface area contributed by atoms with Crippen molar-refractivity contribution < 1.29 is 17.8 Å². The van der Waals surface area contributed by atoms with Gasteiger partial charge >= 0.3 is 16.1 Å². The molecule has 0 aliphatic carbocycles. The fourth-order valence-corrected chi connectivity index (χ4v) is 2.12. The molecule has 1 amide bonds. The number of hydrogen-bond acceptors (Lipinski definition) is 3. The first-order chi connectivity index (χ1) is 5.61. The van der Waals surface area contributed by atoms with Crippen molar-refractivity contribution in [3.63, 3.8) is 0 Å². The van der Waals surface area contributed by atoms with Crippen molar-refractivity contribution in [2.45, 2.75) is 5.03 Å². The van der Waals surface area contributed by atoms with Crippen LogP contribution in [0.1, 0.15) is 0 Å². The van der Waals surface area contributed by atoms with Crippen molar-refractivity contribution >= 4 is 16.1 Å². The number of carbonyl (C=O) groups is 1. The molecule has 5 nitrogen and oxygen atoms in total. The van der Waals surface area contributed by atoms with Gasteiger partial charge in [-0.25, -0.2) is 0 Å². The molecule has 0 atom stereocenters. The normalized spacial score (nSPS) is 18.5. The van der Waals surface area contributed by atoms with Gasteiger partial charge in [-0.05, 0) is 6.07 Å². The van der Waals surface area contributed by atoms with E-state index < -0.39 is 16.1 Å². The van der Waals surface area contributed by atoms with Crippen LogP contribution in [0.25, 0.3) is 0 Å². The molecule has 6 heteroatoms. The van der Waals surface area contributed by atoms with Gasteiger partial charge < -0.3 is 0 Å². The average Bonchev–Trinajstić information content (AvgIpc) is 2.25. The van der Waals surface area contributed by atoms with E-state index in [0.29, 0.717) is 0 Å². The molecule has 0 unspecified atom stereocenters. The molecule has 12 heavy (non-hydrogen) atoms. The monoisotopic (exact) mass is 185 g/mol. The van der Waals surface area contributed by atoms with E-state index >= 15 is 0 Å². The molecule has 0 bridgehead atoms. The van der Waals surface area contributed by atoms with E-state index in [1.54, 1.807) is 12.1 Å². The Labute approximate surface area is 68.7 Å². The third-order valence-electron chi connectivity index (χ3n) is 1.54. The Hall–Kier alpha value is -1.43. The summed E-state index contributed by atoms with van der Waals surface area (Å²) in [6.07, 6.45) is 1.40. The highest BCUT2D eigenvalue weighted by Crippen LogP contribution is 2.05. The number of amides is 1. The van der Waals surface area contributed by atoms with E-state index in [0.717, 1.165) is 4.57 Å². The van der Waals surface area contributed by atoms with Gasteiger partial charge in [-0.1, -0.05) is 6.07 Å². The van der Waals surface area contributed by atoms with Gasteiger partial charge in [0.1, 0.15) is 6.20 Å². The Morgan fingerprint density at radius 1 is 1.33 bits per heavy atom. The van der Waals surface area contributed by atoms with Crippen LogP contribution < -0.4 is 9.29 Å². The molecule has 0 saturated heterocycles. The van der Waals surface area contributed by atoms with Crippen LogP contribution in [0.2, 0.25) is 0 Å². The Bertz CT molecular complexity index is 452. The van der Waals surface area contributed by atoms with Crippen LogP contribution in [-0.4, -0.2) is 14.4 Å². The van der Waals surface area contributed by atoms with Gasteiger partial charge in [0.05, 0.1) is 0 Å². The molecule has 1 aliphatic heterocycles. The molecule has 62 valence electrons. The van der Waals surface area contributed by atoms with Crippen LogP contribution in [0.15, 0.2) is 29.4 Å². The quantitative estimate of drug-likeness (QED) is 0.540. The minimum Gasteiger partial charge on any atom is -0.195 e. The fourth-order valence-electron chi connectivity index (χ4n) is 1.03. The number of aromatic nitrogens is 1. The number of rotatable bonds is 0. The average molecular weight is 185 g/mol. The molecule has 0 aromatic carbocycles. The van der Waals surface area contributed by atoms with Crippen LogP contribution in [-0.2, 0) is 10.0 Å². The Morgan fingerprint density at radius 2 is 2.08 bits per heavy atom. The molecule has 1 aromatic rings. The number of hydrogen-bond donors (Lipinski definition) is 1. The van der Waals surface area contributed by atoms with Crippen molar-refractivity contribution in [3.8, 4) is 0 Å². The molecular weight excluding hydrogens is 180 g/mol. The summed E-state index contributed by atoms with van der Waals surface area (Å²) in [7, 11) is -3.59. The Morgan fingerprint density at radius 3 is 2.75 bits per heavy atom. The zero-order valence-corrected chi connectivity index (χ0v) is 6.71. The van der Waals surface area contributed by atoms with Gasteiger partial charge in [0.25, 0.3) is 5.03 Å². The lowest BCUT2D eigenvalue weighted by molar-refractivity contribution is -0.607. The van der Waals surface area contributed by atoms with Crippen molar-refractivity contribution in [3.05, 3.63) is 24.4 Å². The summed E-state index contributed by atoms with van der Waals surface area (Å²) in [5, 5.41) is -0.0185. The van der Waals surface area contributed by atoms with Crippen molar-refractivity contribution in [2.24, 2.45) is 0 Å². The molecule has 1 aliphatic rings. The van der Waals surface area contributed by atoms with E-state index in [2.05, 4.69) is 0 Å². The summed E-state index contributed by atoms with van der Waals surface area (Å²) in [6.45, 7) is 0. The smallest absolute Gasteiger partial charge is 0.195 e. The van der Waals surface area contributed by atoms with Crippen LogP contribution >= 0.6 is 0 Å². The summed E-state index contributed by atoms with van der Waals surface area (Å²) in [4.78, 5) is 11.0. The summed E-state index contributed by atoms with van der Waals surface area (Å²) in [5.41, 5.74) is 0. The standard InChI is InChI=1S/C6H4N2O3S/c9-6-7-12(10,11)5-3-1-2-4-8(5)6/h1-4H/p+1. The number of nitrogens with zero attached hydrogens (tertiary/aromatic N) is 1. The third-order valence-corrected chi connectivity index (χ3v) is 2.87. The molecule has 0 spiro atoms. The first kappa shape index (κ1) is 7.23. The van der Waals surface area contributed by atoms with Gasteiger partial charge in [0.15, 0.2) is 0 Å². The third kappa shape index (κ3) is 0.814. The highest BCUT2D eigenvalue weighted by atomic mass is 32.2. The predicted molar refractivity (Wildman–Crippen MR) is 37.8 cm³/mol. The summed E-state index contributed by atoms with van der Waals surface area (Å²) in [6, 6.07) is 3.88.